The van der Waals surface area contributed by atoms with E-state index in [1.807, 2.05) is 30.5 Å². The molecule has 33 heavy (non-hydrogen) atoms. The van der Waals surface area contributed by atoms with Crippen LogP contribution in [0.25, 0.3) is 11.5 Å². The molecule has 0 radical (unpaired) electrons. The van der Waals surface area contributed by atoms with E-state index in [4.69, 9.17) is 9.15 Å². The van der Waals surface area contributed by atoms with Crippen molar-refractivity contribution in [2.75, 3.05) is 31.8 Å². The number of carbonyl (C=O) groups excluding carboxylic acids is 1. The maximum atomic E-state index is 12.8. The van der Waals surface area contributed by atoms with E-state index in [9.17, 15) is 13.2 Å². The summed E-state index contributed by atoms with van der Waals surface area (Å²) in [5, 5.41) is 10.4. The van der Waals surface area contributed by atoms with Crippen molar-refractivity contribution in [2.45, 2.75) is 28.7 Å². The van der Waals surface area contributed by atoms with Crippen LogP contribution in [0.3, 0.4) is 0 Å². The molecule has 3 aromatic rings. The first-order chi connectivity index (χ1) is 15.9. The van der Waals surface area contributed by atoms with Crippen LogP contribution in [-0.2, 0) is 14.8 Å². The summed E-state index contributed by atoms with van der Waals surface area (Å²) in [7, 11) is -2.15. The summed E-state index contributed by atoms with van der Waals surface area (Å²) >= 11 is 1.59. The summed E-state index contributed by atoms with van der Waals surface area (Å²) in [4.78, 5) is 13.7. The molecule has 0 unspecified atom stereocenters. The highest BCUT2D eigenvalue weighted by atomic mass is 32.2. The lowest BCUT2D eigenvalue weighted by atomic mass is 10.2. The molecule has 4 rings (SSSR count). The highest BCUT2D eigenvalue weighted by Gasteiger charge is 2.26. The standard InChI is InChI=1S/C22H24N4O5S2/c1-26(14-17-6-4-12-30-17)33(28,29)19-10-8-15(9-11-19)20(27)23-22-25-24-21(31-22)16-5-3-7-18(13-16)32-2/h3,5,7-11,13,17H,4,6,12,14H2,1-2H3,(H,23,25,27)/t17-/m1/s1. The number of carbonyl (C=O) groups is 1. The first-order valence-electron chi connectivity index (χ1n) is 10.3. The third-order valence-corrected chi connectivity index (χ3v) is 7.83. The van der Waals surface area contributed by atoms with E-state index in [0.717, 1.165) is 23.3 Å². The van der Waals surface area contributed by atoms with Gasteiger partial charge in [-0.05, 0) is 61.6 Å². The number of likely N-dealkylation sites (N-methyl/N-ethyl adjacent to an activating group) is 1. The van der Waals surface area contributed by atoms with Crippen LogP contribution in [0.4, 0.5) is 6.01 Å². The second-order valence-corrected chi connectivity index (χ2v) is 10.5. The Labute approximate surface area is 196 Å². The maximum Gasteiger partial charge on any atom is 0.322 e. The third-order valence-electron chi connectivity index (χ3n) is 5.27. The Kier molecular flexibility index (Phi) is 7.13. The van der Waals surface area contributed by atoms with Crippen LogP contribution >= 0.6 is 11.8 Å². The molecule has 1 aromatic heterocycles. The van der Waals surface area contributed by atoms with E-state index in [-0.39, 0.29) is 28.5 Å². The maximum absolute atomic E-state index is 12.8. The summed E-state index contributed by atoms with van der Waals surface area (Å²) in [5.74, 6) is -0.198. The number of anilines is 1. The zero-order chi connectivity index (χ0) is 23.4. The number of amides is 1. The molecule has 0 spiro atoms. The second kappa shape index (κ2) is 10.0. The predicted molar refractivity (Wildman–Crippen MR) is 125 cm³/mol. The van der Waals surface area contributed by atoms with Gasteiger partial charge in [-0.2, -0.15) is 4.31 Å². The first-order valence-corrected chi connectivity index (χ1v) is 13.0. The molecule has 9 nitrogen and oxygen atoms in total. The first kappa shape index (κ1) is 23.4. The molecule has 1 fully saturated rings. The van der Waals surface area contributed by atoms with Crippen LogP contribution in [0.2, 0.25) is 0 Å². The number of hydrogen-bond donors (Lipinski definition) is 1. The molecule has 0 aliphatic carbocycles. The number of rotatable bonds is 8. The fraction of sp³-hybridized carbons (Fsp3) is 0.318. The second-order valence-electron chi connectivity index (χ2n) is 7.54. The van der Waals surface area contributed by atoms with Gasteiger partial charge in [-0.25, -0.2) is 8.42 Å². The van der Waals surface area contributed by atoms with E-state index in [1.165, 1.54) is 35.6 Å². The third kappa shape index (κ3) is 5.44. The van der Waals surface area contributed by atoms with Crippen LogP contribution in [-0.4, -0.2) is 61.4 Å². The molecule has 0 saturated carbocycles. The molecule has 11 heteroatoms. The summed E-state index contributed by atoms with van der Waals surface area (Å²) in [6.07, 6.45) is 3.67. The molecule has 1 aliphatic rings. The lowest BCUT2D eigenvalue weighted by molar-refractivity contribution is 0.0979. The predicted octanol–water partition coefficient (Wildman–Crippen LogP) is 3.51. The minimum absolute atomic E-state index is 0.0439. The van der Waals surface area contributed by atoms with E-state index < -0.39 is 15.9 Å². The molecule has 0 bridgehead atoms. The summed E-state index contributed by atoms with van der Waals surface area (Å²) in [5.41, 5.74) is 1.01. The number of hydrogen-bond acceptors (Lipinski definition) is 8. The van der Waals surface area contributed by atoms with Crippen LogP contribution in [0.5, 0.6) is 0 Å². The van der Waals surface area contributed by atoms with Gasteiger partial charge in [-0.1, -0.05) is 11.2 Å². The molecule has 2 heterocycles. The number of ether oxygens (including phenoxy) is 1. The molecular weight excluding hydrogens is 464 g/mol. The fourth-order valence-electron chi connectivity index (χ4n) is 3.45. The molecule has 174 valence electrons. The zero-order valence-corrected chi connectivity index (χ0v) is 19.9. The Balaban J connectivity index is 1.42. The van der Waals surface area contributed by atoms with Crippen molar-refractivity contribution in [3.63, 3.8) is 0 Å². The van der Waals surface area contributed by atoms with Gasteiger partial charge in [0.05, 0.1) is 11.0 Å². The monoisotopic (exact) mass is 488 g/mol. The Bertz CT molecular complexity index is 1220. The van der Waals surface area contributed by atoms with Crippen LogP contribution in [0, 0.1) is 0 Å². The van der Waals surface area contributed by atoms with E-state index in [1.54, 1.807) is 11.8 Å². The zero-order valence-electron chi connectivity index (χ0n) is 18.2. The van der Waals surface area contributed by atoms with E-state index in [2.05, 4.69) is 15.5 Å². The minimum Gasteiger partial charge on any atom is -0.403 e. The number of nitrogens with one attached hydrogen (secondary N) is 1. The number of aromatic nitrogens is 2. The average molecular weight is 489 g/mol. The Morgan fingerprint density at radius 3 is 2.70 bits per heavy atom. The largest absolute Gasteiger partial charge is 0.403 e. The Hall–Kier alpha value is -2.73. The van der Waals surface area contributed by atoms with Crippen LogP contribution < -0.4 is 5.32 Å². The Morgan fingerprint density at radius 2 is 2.00 bits per heavy atom. The molecule has 1 atom stereocenters. The molecule has 1 aliphatic heterocycles. The van der Waals surface area contributed by atoms with Crippen molar-refractivity contribution in [1.29, 1.82) is 0 Å². The van der Waals surface area contributed by atoms with Crippen LogP contribution in [0.15, 0.2) is 62.7 Å². The smallest absolute Gasteiger partial charge is 0.322 e. The van der Waals surface area contributed by atoms with Gasteiger partial charge in [0.15, 0.2) is 0 Å². The lowest BCUT2D eigenvalue weighted by Crippen LogP contribution is -2.34. The van der Waals surface area contributed by atoms with Crippen molar-refractivity contribution < 1.29 is 22.4 Å². The van der Waals surface area contributed by atoms with E-state index >= 15 is 0 Å². The van der Waals surface area contributed by atoms with Gasteiger partial charge in [0.25, 0.3) is 5.91 Å². The molecule has 1 amide bonds. The van der Waals surface area contributed by atoms with Crippen LogP contribution in [0.1, 0.15) is 23.2 Å². The number of sulfonamides is 1. The highest BCUT2D eigenvalue weighted by molar-refractivity contribution is 7.98. The topological polar surface area (TPSA) is 115 Å². The van der Waals surface area contributed by atoms with Crippen molar-refractivity contribution in [3.8, 4) is 11.5 Å². The number of benzene rings is 2. The normalized spacial score (nSPS) is 16.3. The van der Waals surface area contributed by atoms with Crippen molar-refractivity contribution in [1.82, 2.24) is 14.5 Å². The van der Waals surface area contributed by atoms with Gasteiger partial charge in [0, 0.05) is 36.2 Å². The summed E-state index contributed by atoms with van der Waals surface area (Å²) in [6.45, 7) is 0.956. The lowest BCUT2D eigenvalue weighted by Gasteiger charge is -2.20. The minimum atomic E-state index is -3.68. The van der Waals surface area contributed by atoms with Gasteiger partial charge in [0.1, 0.15) is 0 Å². The molecule has 1 N–H and O–H groups in total. The average Bonchev–Trinajstić information content (AvgIpc) is 3.51. The fourth-order valence-corrected chi connectivity index (χ4v) is 5.11. The highest BCUT2D eigenvalue weighted by Crippen LogP contribution is 2.25. The van der Waals surface area contributed by atoms with Gasteiger partial charge >= 0.3 is 6.01 Å². The molecular formula is C22H24N4O5S2. The quantitative estimate of drug-likeness (QED) is 0.479. The Morgan fingerprint density at radius 1 is 1.21 bits per heavy atom. The van der Waals surface area contributed by atoms with Crippen molar-refractivity contribution in [2.24, 2.45) is 0 Å². The number of nitrogens with zero attached hydrogens (tertiary/aromatic N) is 3. The van der Waals surface area contributed by atoms with E-state index in [0.29, 0.717) is 13.2 Å². The van der Waals surface area contributed by atoms with Gasteiger partial charge in [-0.15, -0.1) is 16.9 Å². The summed E-state index contributed by atoms with van der Waals surface area (Å²) < 4.78 is 38.0. The van der Waals surface area contributed by atoms with Gasteiger partial charge in [-0.3, -0.25) is 10.1 Å². The SMILES string of the molecule is CSc1cccc(-c2nnc(NC(=O)c3ccc(S(=O)(=O)N(C)C[C@H]4CCCO4)cc3)o2)c1. The van der Waals surface area contributed by atoms with Gasteiger partial charge < -0.3 is 9.15 Å². The van der Waals surface area contributed by atoms with Crippen molar-refractivity contribution >= 4 is 33.7 Å². The molecule has 1 saturated heterocycles. The number of thioether (sulfide) groups is 1. The van der Waals surface area contributed by atoms with Crippen molar-refractivity contribution in [3.05, 3.63) is 54.1 Å². The molecule has 2 aromatic carbocycles. The summed E-state index contributed by atoms with van der Waals surface area (Å²) in [6, 6.07) is 13.3. The van der Waals surface area contributed by atoms with Gasteiger partial charge in [0.2, 0.25) is 15.9 Å².